The predicted octanol–water partition coefficient (Wildman–Crippen LogP) is 10.2. The maximum absolute atomic E-state index is 15.5. The summed E-state index contributed by atoms with van der Waals surface area (Å²) >= 11 is 0. The van der Waals surface area contributed by atoms with E-state index in [1.165, 1.54) is 16.5 Å². The van der Waals surface area contributed by atoms with Crippen molar-refractivity contribution >= 4 is 57.8 Å². The van der Waals surface area contributed by atoms with Crippen molar-refractivity contribution in [1.82, 2.24) is 30.0 Å². The van der Waals surface area contributed by atoms with E-state index in [0.29, 0.717) is 40.4 Å². The fourth-order valence-electron chi connectivity index (χ4n) is 16.0. The van der Waals surface area contributed by atoms with E-state index < -0.39 is 51.7 Å². The molecule has 5 aliphatic rings. The molecule has 0 saturated heterocycles. The molecule has 0 spiro atoms. The van der Waals surface area contributed by atoms with Gasteiger partial charge in [0.2, 0.25) is 0 Å². The van der Waals surface area contributed by atoms with Gasteiger partial charge in [-0.15, -0.1) is 10.2 Å². The first-order valence-corrected chi connectivity index (χ1v) is 27.9. The SMILES string of the molecule is COC(=O)[C@@]1(C)CC[C@]2(C)CC[C@]3(C)C(=CC(=O)C4[C@@]5(C)C[C@H](OC(=O)Cn6cc(COc7ccc8ccccc8c7C=O)nn6)[C@@H](OC(=O)Cn6cc(COc7ccc8ccccc8c7C=O)nn6)C(C)(C)C5CC[C@]43C)C2C1.[Hg+2]. The molecule has 6 aromatic rings. The van der Waals surface area contributed by atoms with Gasteiger partial charge in [-0.2, -0.15) is 0 Å². The molecule has 418 valence electrons. The summed E-state index contributed by atoms with van der Waals surface area (Å²) in [4.78, 5) is 81.9. The third-order valence-corrected chi connectivity index (χ3v) is 20.3. The van der Waals surface area contributed by atoms with Crippen molar-refractivity contribution in [3.63, 3.8) is 0 Å². The van der Waals surface area contributed by atoms with Gasteiger partial charge < -0.3 is 23.7 Å². The number of nitrogens with zero attached hydrogens (tertiary/aromatic N) is 6. The Kier molecular flexibility index (Phi) is 15.4. The first-order valence-electron chi connectivity index (χ1n) is 27.9. The van der Waals surface area contributed by atoms with Gasteiger partial charge in [-0.3, -0.25) is 28.8 Å². The molecule has 11 rings (SSSR count). The van der Waals surface area contributed by atoms with Gasteiger partial charge in [0.1, 0.15) is 61.4 Å². The summed E-state index contributed by atoms with van der Waals surface area (Å²) in [6.45, 7) is 14.6. The smallest absolute Gasteiger partial charge is 0.486 e. The molecule has 0 N–H and O–H groups in total. The molecule has 3 unspecified atom stereocenters. The zero-order valence-corrected chi connectivity index (χ0v) is 53.1. The Bertz CT molecular complexity index is 3520. The maximum atomic E-state index is 15.5. The van der Waals surface area contributed by atoms with Crippen molar-refractivity contribution in [2.45, 2.75) is 138 Å². The molecule has 81 heavy (non-hydrogen) atoms. The summed E-state index contributed by atoms with van der Waals surface area (Å²) in [5, 5.41) is 20.3. The summed E-state index contributed by atoms with van der Waals surface area (Å²) in [5.74, 6) is -1.23. The van der Waals surface area contributed by atoms with E-state index in [1.54, 1.807) is 24.5 Å². The number of allylic oxidation sites excluding steroid dienone is 2. The standard InChI is InChI=1S/C63H70N6O11.Hg/c1-58(2)52-21-22-63(7)55(48(72)27-46-47-28-60(4,57(75)76-8)24-23-59(47,3)25-26-62(46,63)6)61(52,5)29-51(79-53(73)32-68-30-40(64-66-68)36-77-49-19-17-38-13-9-11-15-42(38)44(49)34-70)56(58)80-54(74)33-69-31-41(65-67-69)37-78-50-20-18-39-14-10-12-16-43(39)45(50)35-71;/h9-20,27,30-31,34-35,47,51-52,55-56H,21-26,28-29,32-33,36-37H2,1-8H3;/q;+2/t47?,51-,52?,55?,56+,59+,60-,61-,62+,63+;/m0./s1. The van der Waals surface area contributed by atoms with Gasteiger partial charge in [-0.1, -0.05) is 118 Å². The molecule has 0 amide bonds. The molecule has 2 aromatic heterocycles. The van der Waals surface area contributed by atoms with E-state index in [4.69, 9.17) is 23.7 Å². The zero-order valence-electron chi connectivity index (χ0n) is 47.6. The monoisotopic (exact) mass is 1290 g/mol. The van der Waals surface area contributed by atoms with Crippen LogP contribution >= 0.6 is 0 Å². The second-order valence-corrected chi connectivity index (χ2v) is 25.2. The second kappa shape index (κ2) is 21.6. The Morgan fingerprint density at radius 2 is 1.22 bits per heavy atom. The first-order chi connectivity index (χ1) is 38.2. The van der Waals surface area contributed by atoms with Gasteiger partial charge in [0, 0.05) is 11.3 Å². The normalized spacial score (nSPS) is 30.0. The molecule has 18 heteroatoms. The third kappa shape index (κ3) is 9.89. The van der Waals surface area contributed by atoms with Crippen LogP contribution in [0.1, 0.15) is 132 Å². The minimum absolute atomic E-state index is 0. The molecular weight excluding hydrogens is 1220 g/mol. The zero-order chi connectivity index (χ0) is 56.6. The van der Waals surface area contributed by atoms with Crippen LogP contribution in [0.25, 0.3) is 21.5 Å². The van der Waals surface area contributed by atoms with Crippen molar-refractivity contribution in [3.8, 4) is 11.5 Å². The average molecular weight is 1290 g/mol. The maximum Gasteiger partial charge on any atom is 2.00 e. The van der Waals surface area contributed by atoms with Crippen LogP contribution in [-0.4, -0.2) is 85.6 Å². The number of carbonyl (C=O) groups excluding carboxylic acids is 6. The van der Waals surface area contributed by atoms with Gasteiger partial charge in [0.15, 0.2) is 18.4 Å². The number of benzene rings is 4. The number of aldehydes is 2. The average Bonchev–Trinajstić information content (AvgIpc) is 4.18. The summed E-state index contributed by atoms with van der Waals surface area (Å²) in [6, 6.07) is 22.3. The summed E-state index contributed by atoms with van der Waals surface area (Å²) in [6.07, 6.45) is 10.5. The van der Waals surface area contributed by atoms with Crippen LogP contribution in [-0.2, 0) is 87.4 Å². The molecule has 4 saturated carbocycles. The minimum Gasteiger partial charge on any atom is -0.486 e. The summed E-state index contributed by atoms with van der Waals surface area (Å²) in [5.41, 5.74) is -0.332. The number of esters is 3. The molecule has 17 nitrogen and oxygen atoms in total. The Labute approximate surface area is 491 Å². The van der Waals surface area contributed by atoms with Crippen molar-refractivity contribution in [1.29, 1.82) is 0 Å². The van der Waals surface area contributed by atoms with E-state index in [2.05, 4.69) is 62.2 Å². The van der Waals surface area contributed by atoms with Crippen LogP contribution in [0.2, 0.25) is 0 Å². The largest absolute Gasteiger partial charge is 2.00 e. The van der Waals surface area contributed by atoms with Crippen molar-refractivity contribution in [2.75, 3.05) is 7.11 Å². The second-order valence-electron chi connectivity index (χ2n) is 25.2. The van der Waals surface area contributed by atoms with Gasteiger partial charge in [0.05, 0.1) is 36.0 Å². The van der Waals surface area contributed by atoms with E-state index in [0.717, 1.165) is 78.2 Å². The van der Waals surface area contributed by atoms with Crippen molar-refractivity contribution < 1.29 is 80.1 Å². The van der Waals surface area contributed by atoms with Crippen LogP contribution in [0.4, 0.5) is 0 Å². The van der Waals surface area contributed by atoms with Gasteiger partial charge >= 0.3 is 45.6 Å². The number of hydrogen-bond donors (Lipinski definition) is 0. The fourth-order valence-corrected chi connectivity index (χ4v) is 16.0. The van der Waals surface area contributed by atoms with Crippen LogP contribution in [0.15, 0.2) is 96.8 Å². The Morgan fingerprint density at radius 3 is 1.78 bits per heavy atom. The van der Waals surface area contributed by atoms with Crippen LogP contribution in [0.3, 0.4) is 0 Å². The van der Waals surface area contributed by atoms with E-state index in [9.17, 15) is 24.0 Å². The quantitative estimate of drug-likeness (QED) is 0.0405. The van der Waals surface area contributed by atoms with Crippen LogP contribution < -0.4 is 9.47 Å². The number of rotatable bonds is 15. The molecule has 2 heterocycles. The van der Waals surface area contributed by atoms with E-state index >= 15 is 4.79 Å². The fraction of sp³-hybridized carbons (Fsp3) is 0.492. The first kappa shape index (κ1) is 57.6. The molecule has 4 fully saturated rings. The number of hydrogen-bond acceptors (Lipinski definition) is 15. The third-order valence-electron chi connectivity index (χ3n) is 20.3. The Morgan fingerprint density at radius 1 is 0.679 bits per heavy atom. The van der Waals surface area contributed by atoms with Crippen LogP contribution in [0, 0.1) is 50.2 Å². The number of fused-ring (bicyclic) bond motifs is 9. The number of ether oxygens (including phenoxy) is 5. The Balaban J connectivity index is 0.00000736. The molecule has 4 aromatic carbocycles. The molecule has 0 aliphatic heterocycles. The number of aromatic nitrogens is 6. The molecule has 5 aliphatic carbocycles. The summed E-state index contributed by atoms with van der Waals surface area (Å²) < 4.78 is 33.3. The van der Waals surface area contributed by atoms with Crippen molar-refractivity contribution in [2.24, 2.45) is 50.2 Å². The van der Waals surface area contributed by atoms with Gasteiger partial charge in [0.25, 0.3) is 0 Å². The number of methoxy groups -OCH3 is 1. The molecule has 0 radical (unpaired) electrons. The van der Waals surface area contributed by atoms with Gasteiger partial charge in [-0.25, -0.2) is 9.36 Å². The predicted molar refractivity (Wildman–Crippen MR) is 294 cm³/mol. The number of ketones is 1. The number of carbonyl (C=O) groups is 6. The molecule has 10 atom stereocenters. The molecular formula is C63H70HgN6O11+2. The Hall–Kier alpha value is -6.62. The summed E-state index contributed by atoms with van der Waals surface area (Å²) in [7, 11) is 1.45. The minimum atomic E-state index is -0.987. The van der Waals surface area contributed by atoms with Crippen molar-refractivity contribution in [3.05, 3.63) is 119 Å². The van der Waals surface area contributed by atoms with Gasteiger partial charge in [-0.05, 0) is 132 Å². The van der Waals surface area contributed by atoms with E-state index in [1.807, 2.05) is 73.7 Å². The molecule has 0 bridgehead atoms. The topological polar surface area (TPSA) is 210 Å². The van der Waals surface area contributed by atoms with Crippen LogP contribution in [0.5, 0.6) is 11.5 Å². The van der Waals surface area contributed by atoms with E-state index in [-0.39, 0.29) is 94.8 Å².